The van der Waals surface area contributed by atoms with Crippen molar-refractivity contribution in [1.82, 2.24) is 5.32 Å². The van der Waals surface area contributed by atoms with E-state index in [0.717, 1.165) is 19.3 Å². The molecule has 2 atom stereocenters. The molecule has 1 rings (SSSR count). The Morgan fingerprint density at radius 2 is 2.00 bits per heavy atom. The van der Waals surface area contributed by atoms with Crippen LogP contribution in [0.25, 0.3) is 0 Å². The zero-order valence-electron chi connectivity index (χ0n) is 13.0. The van der Waals surface area contributed by atoms with Crippen molar-refractivity contribution in [3.63, 3.8) is 0 Å². The van der Waals surface area contributed by atoms with E-state index in [1.807, 2.05) is 19.1 Å². The van der Waals surface area contributed by atoms with Gasteiger partial charge in [-0.3, -0.25) is 4.79 Å². The summed E-state index contributed by atoms with van der Waals surface area (Å²) in [5, 5.41) is 3.09. The zero-order chi connectivity index (χ0) is 15.0. The third-order valence-electron chi connectivity index (χ3n) is 3.96. The Hall–Kier alpha value is -1.35. The summed E-state index contributed by atoms with van der Waals surface area (Å²) in [7, 11) is 0. The fourth-order valence-electron chi connectivity index (χ4n) is 2.59. The Morgan fingerprint density at radius 1 is 1.30 bits per heavy atom. The third kappa shape index (κ3) is 5.33. The maximum absolute atomic E-state index is 12.0. The molecule has 0 heterocycles. The first kappa shape index (κ1) is 16.7. The van der Waals surface area contributed by atoms with Crippen LogP contribution in [-0.4, -0.2) is 12.5 Å². The highest BCUT2D eigenvalue weighted by atomic mass is 16.1. The minimum absolute atomic E-state index is 0.0679. The fourth-order valence-corrected chi connectivity index (χ4v) is 2.59. The van der Waals surface area contributed by atoms with Gasteiger partial charge < -0.3 is 11.1 Å². The summed E-state index contributed by atoms with van der Waals surface area (Å²) in [5.41, 5.74) is 7.99. The number of hydrogen-bond acceptors (Lipinski definition) is 2. The number of hydrogen-bond donors (Lipinski definition) is 2. The van der Waals surface area contributed by atoms with Crippen molar-refractivity contribution < 1.29 is 4.79 Å². The molecular formula is C17H28N2O. The average molecular weight is 276 g/mol. The second-order valence-electron chi connectivity index (χ2n) is 5.54. The van der Waals surface area contributed by atoms with E-state index < -0.39 is 0 Å². The van der Waals surface area contributed by atoms with Gasteiger partial charge >= 0.3 is 0 Å². The predicted molar refractivity (Wildman–Crippen MR) is 84.4 cm³/mol. The van der Waals surface area contributed by atoms with E-state index in [9.17, 15) is 4.79 Å². The van der Waals surface area contributed by atoms with Gasteiger partial charge in [0.05, 0.1) is 6.04 Å². The van der Waals surface area contributed by atoms with Crippen molar-refractivity contribution in [2.24, 2.45) is 11.7 Å². The molecule has 3 nitrogen and oxygen atoms in total. The van der Waals surface area contributed by atoms with Crippen molar-refractivity contribution in [3.05, 3.63) is 35.4 Å². The number of benzene rings is 1. The van der Waals surface area contributed by atoms with Gasteiger partial charge in [-0.05, 0) is 50.3 Å². The molecule has 0 saturated heterocycles. The molecule has 0 fully saturated rings. The molecular weight excluding hydrogens is 248 g/mol. The van der Waals surface area contributed by atoms with Gasteiger partial charge in [0.15, 0.2) is 0 Å². The fraction of sp³-hybridized carbons (Fsp3) is 0.588. The van der Waals surface area contributed by atoms with E-state index in [0.29, 0.717) is 18.9 Å². The van der Waals surface area contributed by atoms with Crippen LogP contribution >= 0.6 is 0 Å². The highest BCUT2D eigenvalue weighted by Gasteiger charge is 2.13. The van der Waals surface area contributed by atoms with Crippen molar-refractivity contribution in [2.45, 2.75) is 52.5 Å². The van der Waals surface area contributed by atoms with Crippen LogP contribution in [0.1, 0.15) is 56.7 Å². The van der Waals surface area contributed by atoms with Crippen molar-refractivity contribution >= 4 is 5.91 Å². The molecule has 20 heavy (non-hydrogen) atoms. The normalized spacial score (nSPS) is 13.8. The third-order valence-corrected chi connectivity index (χ3v) is 3.96. The summed E-state index contributed by atoms with van der Waals surface area (Å²) in [6.45, 7) is 6.98. The van der Waals surface area contributed by atoms with E-state index in [1.165, 1.54) is 11.1 Å². The lowest BCUT2D eigenvalue weighted by Crippen LogP contribution is -2.27. The molecule has 0 radical (unpaired) electrons. The molecule has 0 aliphatic rings. The summed E-state index contributed by atoms with van der Waals surface area (Å²) in [6.07, 6.45) is 3.63. The van der Waals surface area contributed by atoms with E-state index in [4.69, 9.17) is 5.73 Å². The van der Waals surface area contributed by atoms with Crippen LogP contribution in [0.5, 0.6) is 0 Å². The molecule has 0 aromatic heterocycles. The predicted octanol–water partition coefficient (Wildman–Crippen LogP) is 3.33. The van der Waals surface area contributed by atoms with Gasteiger partial charge in [-0.15, -0.1) is 0 Å². The number of nitrogens with two attached hydrogens (primary N) is 1. The number of carbonyl (C=O) groups excluding carboxylic acids is 1. The van der Waals surface area contributed by atoms with Crippen LogP contribution in [-0.2, 0) is 4.79 Å². The van der Waals surface area contributed by atoms with Gasteiger partial charge in [-0.1, -0.05) is 37.6 Å². The van der Waals surface area contributed by atoms with E-state index in [-0.39, 0.29) is 11.9 Å². The van der Waals surface area contributed by atoms with Crippen LogP contribution in [0, 0.1) is 12.8 Å². The Balaban J connectivity index is 2.44. The first-order chi connectivity index (χ1) is 9.58. The SMILES string of the molecule is CCC(CCN)CCC(=O)NC(C)c1ccccc1C. The summed E-state index contributed by atoms with van der Waals surface area (Å²) in [5.74, 6) is 0.704. The van der Waals surface area contributed by atoms with Crippen LogP contribution in [0.4, 0.5) is 0 Å². The lowest BCUT2D eigenvalue weighted by atomic mass is 9.96. The first-order valence-electron chi connectivity index (χ1n) is 7.63. The molecule has 3 N–H and O–H groups in total. The molecule has 0 bridgehead atoms. The molecule has 0 aliphatic carbocycles. The van der Waals surface area contributed by atoms with Crippen molar-refractivity contribution in [2.75, 3.05) is 6.54 Å². The molecule has 0 aliphatic heterocycles. The maximum Gasteiger partial charge on any atom is 0.220 e. The standard InChI is InChI=1S/C17H28N2O/c1-4-15(11-12-18)9-10-17(20)19-14(3)16-8-6-5-7-13(16)2/h5-8,14-15H,4,9-12,18H2,1-3H3,(H,19,20). The van der Waals surface area contributed by atoms with Crippen molar-refractivity contribution in [1.29, 1.82) is 0 Å². The van der Waals surface area contributed by atoms with Crippen LogP contribution in [0.15, 0.2) is 24.3 Å². The minimum atomic E-state index is 0.0679. The Labute approximate surface area is 122 Å². The topological polar surface area (TPSA) is 55.1 Å². The summed E-state index contributed by atoms with van der Waals surface area (Å²) in [4.78, 5) is 12.0. The monoisotopic (exact) mass is 276 g/mol. The van der Waals surface area contributed by atoms with E-state index in [2.05, 4.69) is 31.3 Å². The Kier molecular flexibility index (Phi) is 7.31. The molecule has 1 aromatic carbocycles. The molecule has 0 saturated carbocycles. The lowest BCUT2D eigenvalue weighted by Gasteiger charge is -2.18. The highest BCUT2D eigenvalue weighted by molar-refractivity contribution is 5.76. The summed E-state index contributed by atoms with van der Waals surface area (Å²) < 4.78 is 0. The van der Waals surface area contributed by atoms with Gasteiger partial charge in [-0.2, -0.15) is 0 Å². The smallest absolute Gasteiger partial charge is 0.220 e. The number of carbonyl (C=O) groups is 1. The summed E-state index contributed by atoms with van der Waals surface area (Å²) >= 11 is 0. The number of rotatable bonds is 8. The second kappa shape index (κ2) is 8.75. The van der Waals surface area contributed by atoms with E-state index >= 15 is 0 Å². The molecule has 112 valence electrons. The minimum Gasteiger partial charge on any atom is -0.350 e. The number of nitrogens with one attached hydrogen (secondary N) is 1. The number of aryl methyl sites for hydroxylation is 1. The first-order valence-corrected chi connectivity index (χ1v) is 7.63. The van der Waals surface area contributed by atoms with Crippen LogP contribution in [0.2, 0.25) is 0 Å². The lowest BCUT2D eigenvalue weighted by molar-refractivity contribution is -0.122. The second-order valence-corrected chi connectivity index (χ2v) is 5.54. The molecule has 3 heteroatoms. The molecule has 2 unspecified atom stereocenters. The van der Waals surface area contributed by atoms with E-state index in [1.54, 1.807) is 0 Å². The molecule has 1 amide bonds. The van der Waals surface area contributed by atoms with Gasteiger partial charge in [0, 0.05) is 6.42 Å². The van der Waals surface area contributed by atoms with Crippen molar-refractivity contribution in [3.8, 4) is 0 Å². The molecule has 0 spiro atoms. The Bertz CT molecular complexity index is 417. The van der Waals surface area contributed by atoms with Crippen LogP contribution < -0.4 is 11.1 Å². The maximum atomic E-state index is 12.0. The largest absolute Gasteiger partial charge is 0.350 e. The molecule has 1 aromatic rings. The quantitative estimate of drug-likeness (QED) is 0.765. The van der Waals surface area contributed by atoms with Gasteiger partial charge in [0.2, 0.25) is 5.91 Å². The van der Waals surface area contributed by atoms with Crippen LogP contribution in [0.3, 0.4) is 0 Å². The highest BCUT2D eigenvalue weighted by Crippen LogP contribution is 2.18. The van der Waals surface area contributed by atoms with Gasteiger partial charge in [0.25, 0.3) is 0 Å². The average Bonchev–Trinajstić information content (AvgIpc) is 2.43. The Morgan fingerprint density at radius 3 is 2.60 bits per heavy atom. The zero-order valence-corrected chi connectivity index (χ0v) is 13.0. The summed E-state index contributed by atoms with van der Waals surface area (Å²) in [6, 6.07) is 8.25. The van der Waals surface area contributed by atoms with Gasteiger partial charge in [-0.25, -0.2) is 0 Å². The van der Waals surface area contributed by atoms with Gasteiger partial charge in [0.1, 0.15) is 0 Å². The number of amides is 1.